The van der Waals surface area contributed by atoms with Gasteiger partial charge in [-0.25, -0.2) is 0 Å². The highest BCUT2D eigenvalue weighted by Crippen LogP contribution is 2.22. The van der Waals surface area contributed by atoms with Crippen LogP contribution in [-0.2, 0) is 14.4 Å². The number of hydrogen-bond acceptors (Lipinski definition) is 4. The molecule has 5 nitrogen and oxygen atoms in total. The van der Waals surface area contributed by atoms with Crippen LogP contribution < -0.4 is 5.48 Å². The first-order valence-electron chi connectivity index (χ1n) is 8.34. The average Bonchev–Trinajstić information content (AvgIpc) is 2.49. The number of hydrogen-bond donors (Lipinski definition) is 2. The van der Waals surface area contributed by atoms with Crippen LogP contribution in [0.2, 0.25) is 0 Å². The number of hydroxylamine groups is 1. The third-order valence-corrected chi connectivity index (χ3v) is 4.24. The Kier molecular flexibility index (Phi) is 8.88. The zero-order valence-electron chi connectivity index (χ0n) is 13.6. The van der Waals surface area contributed by atoms with E-state index in [4.69, 9.17) is 9.57 Å². The lowest BCUT2D eigenvalue weighted by Gasteiger charge is -2.29. The van der Waals surface area contributed by atoms with Gasteiger partial charge >= 0.3 is 5.97 Å². The van der Waals surface area contributed by atoms with E-state index in [0.29, 0.717) is 12.3 Å². The topological polar surface area (TPSA) is 67.8 Å². The van der Waals surface area contributed by atoms with Crippen LogP contribution in [0.5, 0.6) is 0 Å². The van der Waals surface area contributed by atoms with E-state index in [1.807, 2.05) is 0 Å². The van der Waals surface area contributed by atoms with Crippen LogP contribution in [0, 0.1) is 11.8 Å². The summed E-state index contributed by atoms with van der Waals surface area (Å²) in [6.07, 6.45) is 6.19. The van der Waals surface area contributed by atoms with Gasteiger partial charge in [0.1, 0.15) is 0 Å². The highest BCUT2D eigenvalue weighted by Gasteiger charge is 2.30. The Morgan fingerprint density at radius 1 is 1.43 bits per heavy atom. The van der Waals surface area contributed by atoms with E-state index in [1.54, 1.807) is 0 Å². The van der Waals surface area contributed by atoms with Gasteiger partial charge in [0, 0.05) is 19.1 Å². The lowest BCUT2D eigenvalue weighted by atomic mass is 9.87. The minimum absolute atomic E-state index is 0.160. The SMILES string of the molecule is CCCC(NOC1CCCCO1)[C@H](CC(C)CC)C(=O)O. The largest absolute Gasteiger partial charge is 0.481 e. The van der Waals surface area contributed by atoms with Crippen molar-refractivity contribution in [1.29, 1.82) is 0 Å². The maximum atomic E-state index is 11.6. The molecule has 1 aliphatic heterocycles. The van der Waals surface area contributed by atoms with Gasteiger partial charge < -0.3 is 9.84 Å². The van der Waals surface area contributed by atoms with Gasteiger partial charge in [0.25, 0.3) is 0 Å². The first kappa shape index (κ1) is 18.4. The van der Waals surface area contributed by atoms with Crippen molar-refractivity contribution in [3.05, 3.63) is 0 Å². The number of rotatable bonds is 10. The zero-order chi connectivity index (χ0) is 15.7. The molecule has 0 saturated carbocycles. The number of aliphatic carboxylic acids is 1. The molecule has 4 atom stereocenters. The number of carboxylic acid groups (broad SMARTS) is 1. The van der Waals surface area contributed by atoms with E-state index in [-0.39, 0.29) is 12.3 Å². The molecule has 0 radical (unpaired) electrons. The summed E-state index contributed by atoms with van der Waals surface area (Å²) in [5.41, 5.74) is 3.00. The van der Waals surface area contributed by atoms with Gasteiger partial charge in [0.2, 0.25) is 0 Å². The molecule has 1 fully saturated rings. The molecule has 3 unspecified atom stereocenters. The van der Waals surface area contributed by atoms with Crippen LogP contribution in [0.1, 0.15) is 65.7 Å². The molecule has 0 aliphatic carbocycles. The molecule has 1 rings (SSSR count). The second-order valence-electron chi connectivity index (χ2n) is 6.12. The van der Waals surface area contributed by atoms with Gasteiger partial charge in [-0.1, -0.05) is 33.6 Å². The first-order valence-corrected chi connectivity index (χ1v) is 8.34. The van der Waals surface area contributed by atoms with E-state index in [2.05, 4.69) is 26.3 Å². The summed E-state index contributed by atoms with van der Waals surface area (Å²) in [5, 5.41) is 9.52. The van der Waals surface area contributed by atoms with Crippen molar-refractivity contribution in [3.8, 4) is 0 Å². The van der Waals surface area contributed by atoms with Crippen LogP contribution in [0.3, 0.4) is 0 Å². The lowest BCUT2D eigenvalue weighted by molar-refractivity contribution is -0.208. The molecule has 1 aliphatic rings. The molecular weight excluding hydrogens is 270 g/mol. The Hall–Kier alpha value is -0.650. The molecule has 0 spiro atoms. The number of carbonyl (C=O) groups is 1. The molecule has 21 heavy (non-hydrogen) atoms. The van der Waals surface area contributed by atoms with E-state index < -0.39 is 11.9 Å². The quantitative estimate of drug-likeness (QED) is 0.606. The fourth-order valence-corrected chi connectivity index (χ4v) is 2.66. The summed E-state index contributed by atoms with van der Waals surface area (Å²) >= 11 is 0. The monoisotopic (exact) mass is 301 g/mol. The van der Waals surface area contributed by atoms with Crippen molar-refractivity contribution < 1.29 is 19.5 Å². The summed E-state index contributed by atoms with van der Waals surface area (Å²) in [6, 6.07) is -0.160. The summed E-state index contributed by atoms with van der Waals surface area (Å²) < 4.78 is 5.52. The molecule has 0 aromatic rings. The summed E-state index contributed by atoms with van der Waals surface area (Å²) in [7, 11) is 0. The Labute approximate surface area is 128 Å². The van der Waals surface area contributed by atoms with Crippen LogP contribution >= 0.6 is 0 Å². The third-order valence-electron chi connectivity index (χ3n) is 4.24. The molecular formula is C16H31NO4. The van der Waals surface area contributed by atoms with Gasteiger partial charge in [0.05, 0.1) is 5.92 Å². The van der Waals surface area contributed by atoms with Crippen LogP contribution in [-0.4, -0.2) is 30.0 Å². The Morgan fingerprint density at radius 2 is 2.19 bits per heavy atom. The second kappa shape index (κ2) is 10.1. The fourth-order valence-electron chi connectivity index (χ4n) is 2.66. The average molecular weight is 301 g/mol. The van der Waals surface area contributed by atoms with Crippen LogP contribution in [0.4, 0.5) is 0 Å². The number of carboxylic acids is 1. The van der Waals surface area contributed by atoms with Crippen LogP contribution in [0.25, 0.3) is 0 Å². The van der Waals surface area contributed by atoms with Gasteiger partial charge in [-0.15, -0.1) is 0 Å². The van der Waals surface area contributed by atoms with Crippen molar-refractivity contribution >= 4 is 5.97 Å². The number of ether oxygens (including phenoxy) is 1. The standard InChI is InChI=1S/C16H31NO4/c1-4-8-14(13(16(18)19)11-12(3)5-2)17-21-15-9-6-7-10-20-15/h12-15,17H,4-11H2,1-3H3,(H,18,19)/t12?,13-,14?,15?/m0/s1. The van der Waals surface area contributed by atoms with Crippen molar-refractivity contribution in [2.45, 2.75) is 78.0 Å². The summed E-state index contributed by atoms with van der Waals surface area (Å²) in [5.74, 6) is -0.754. The van der Waals surface area contributed by atoms with Gasteiger partial charge in [-0.05, 0) is 31.6 Å². The van der Waals surface area contributed by atoms with E-state index in [9.17, 15) is 9.90 Å². The van der Waals surface area contributed by atoms with Crippen molar-refractivity contribution in [2.75, 3.05) is 6.61 Å². The highest BCUT2D eigenvalue weighted by atomic mass is 16.8. The maximum absolute atomic E-state index is 11.6. The molecule has 0 bridgehead atoms. The fraction of sp³-hybridized carbons (Fsp3) is 0.938. The smallest absolute Gasteiger partial charge is 0.308 e. The maximum Gasteiger partial charge on any atom is 0.308 e. The van der Waals surface area contributed by atoms with E-state index in [0.717, 1.165) is 45.1 Å². The molecule has 2 N–H and O–H groups in total. The predicted octanol–water partition coefficient (Wildman–Crippen LogP) is 3.34. The molecule has 0 aromatic carbocycles. The number of nitrogens with one attached hydrogen (secondary N) is 1. The Bertz CT molecular complexity index is 292. The van der Waals surface area contributed by atoms with Gasteiger partial charge in [0.15, 0.2) is 6.29 Å². The minimum Gasteiger partial charge on any atom is -0.481 e. The van der Waals surface area contributed by atoms with Gasteiger partial charge in [-0.3, -0.25) is 9.63 Å². The second-order valence-corrected chi connectivity index (χ2v) is 6.12. The summed E-state index contributed by atoms with van der Waals surface area (Å²) in [6.45, 7) is 6.98. The third kappa shape index (κ3) is 6.76. The van der Waals surface area contributed by atoms with Crippen molar-refractivity contribution in [2.24, 2.45) is 11.8 Å². The van der Waals surface area contributed by atoms with Crippen molar-refractivity contribution in [3.63, 3.8) is 0 Å². The minimum atomic E-state index is -0.741. The zero-order valence-corrected chi connectivity index (χ0v) is 13.6. The van der Waals surface area contributed by atoms with E-state index >= 15 is 0 Å². The normalized spacial score (nSPS) is 23.5. The van der Waals surface area contributed by atoms with Crippen molar-refractivity contribution in [1.82, 2.24) is 5.48 Å². The lowest BCUT2D eigenvalue weighted by Crippen LogP contribution is -2.43. The molecule has 0 amide bonds. The first-order chi connectivity index (χ1) is 10.1. The molecule has 124 valence electrons. The molecule has 0 aromatic heterocycles. The molecule has 1 saturated heterocycles. The summed E-state index contributed by atoms with van der Waals surface area (Å²) in [4.78, 5) is 17.2. The van der Waals surface area contributed by atoms with Gasteiger partial charge in [-0.2, -0.15) is 5.48 Å². The molecule has 5 heteroatoms. The Balaban J connectivity index is 2.55. The van der Waals surface area contributed by atoms with E-state index in [1.165, 1.54) is 0 Å². The highest BCUT2D eigenvalue weighted by molar-refractivity contribution is 5.70. The van der Waals surface area contributed by atoms with Crippen LogP contribution in [0.15, 0.2) is 0 Å². The molecule has 1 heterocycles. The predicted molar refractivity (Wildman–Crippen MR) is 81.7 cm³/mol. The Morgan fingerprint density at radius 3 is 2.71 bits per heavy atom.